The Morgan fingerprint density at radius 2 is 1.95 bits per heavy atom. The number of hydrogen-bond acceptors (Lipinski definition) is 2. The third-order valence-corrected chi connectivity index (χ3v) is 5.61. The summed E-state index contributed by atoms with van der Waals surface area (Å²) in [4.78, 5) is 17.1. The molecule has 21 heavy (non-hydrogen) atoms. The molecule has 3 atom stereocenters. The summed E-state index contributed by atoms with van der Waals surface area (Å²) in [5.41, 5.74) is 1.39. The Kier molecular flexibility index (Phi) is 3.26. The molecule has 0 spiro atoms. The van der Waals surface area contributed by atoms with Gasteiger partial charge in [0.1, 0.15) is 0 Å². The number of rotatable bonds is 3. The summed E-state index contributed by atoms with van der Waals surface area (Å²) >= 11 is 0. The van der Waals surface area contributed by atoms with Gasteiger partial charge in [-0.05, 0) is 44.2 Å². The quantitative estimate of drug-likeness (QED) is 0.853. The van der Waals surface area contributed by atoms with Crippen molar-refractivity contribution in [3.8, 4) is 0 Å². The summed E-state index contributed by atoms with van der Waals surface area (Å²) in [6.45, 7) is 5.44. The van der Waals surface area contributed by atoms with Gasteiger partial charge in [-0.1, -0.05) is 30.3 Å². The molecule has 2 aliphatic heterocycles. The fourth-order valence-corrected chi connectivity index (χ4v) is 4.17. The summed E-state index contributed by atoms with van der Waals surface area (Å²) in [7, 11) is 0. The smallest absolute Gasteiger partial charge is 0.225 e. The molecule has 4 rings (SSSR count). The van der Waals surface area contributed by atoms with Crippen molar-refractivity contribution in [2.45, 2.75) is 38.3 Å². The zero-order valence-electron chi connectivity index (χ0n) is 12.7. The van der Waals surface area contributed by atoms with Crippen molar-refractivity contribution < 1.29 is 6.22 Å². The summed E-state index contributed by atoms with van der Waals surface area (Å²) in [5, 5.41) is 0. The Labute approximate surface area is 128 Å². The maximum atomic E-state index is 12.3. The van der Waals surface area contributed by atoms with Crippen LogP contribution < -0.4 is 0 Å². The van der Waals surface area contributed by atoms with Crippen molar-refractivity contribution in [2.75, 3.05) is 19.6 Å². The Morgan fingerprint density at radius 1 is 1.19 bits per heavy atom. The highest BCUT2D eigenvalue weighted by Crippen LogP contribution is 2.39. The van der Waals surface area contributed by atoms with Crippen molar-refractivity contribution in [3.05, 3.63) is 35.9 Å². The Balaban J connectivity index is 0.00000144. The van der Waals surface area contributed by atoms with E-state index in [1.54, 1.807) is 0 Å². The summed E-state index contributed by atoms with van der Waals surface area (Å²) in [5.74, 6) is 1.49. The number of nitrogens with zero attached hydrogens (tertiary/aromatic N) is 2. The molecule has 0 N–H and O–H groups in total. The molecule has 3 nitrogen and oxygen atoms in total. The van der Waals surface area contributed by atoms with Gasteiger partial charge in [-0.25, -0.2) is 0 Å². The van der Waals surface area contributed by atoms with Crippen LogP contribution in [-0.2, 0) is 4.79 Å². The fourth-order valence-electron chi connectivity index (χ4n) is 4.17. The maximum absolute atomic E-state index is 12.3. The predicted octanol–water partition coefficient (Wildman–Crippen LogP) is 2.94. The first-order valence-corrected chi connectivity index (χ1v) is 8.33. The zero-order valence-corrected chi connectivity index (χ0v) is 12.7. The van der Waals surface area contributed by atoms with Crippen LogP contribution in [0, 0.1) is 11.8 Å². The van der Waals surface area contributed by atoms with E-state index in [2.05, 4.69) is 47.1 Å². The average molecular weight is 286 g/mol. The molecule has 1 saturated carbocycles. The van der Waals surface area contributed by atoms with E-state index < -0.39 is 0 Å². The molecule has 3 aliphatic rings. The van der Waals surface area contributed by atoms with Crippen LogP contribution in [0.25, 0.3) is 0 Å². The first-order valence-electron chi connectivity index (χ1n) is 8.33. The summed E-state index contributed by atoms with van der Waals surface area (Å²) in [6.07, 6.45) is 3.49. The van der Waals surface area contributed by atoms with Crippen molar-refractivity contribution in [1.82, 2.24) is 9.80 Å². The van der Waals surface area contributed by atoms with Crippen LogP contribution in [0.2, 0.25) is 0 Å². The first-order chi connectivity index (χ1) is 10.2. The van der Waals surface area contributed by atoms with E-state index in [9.17, 15) is 4.79 Å². The SMILES string of the molecule is C[C@H](c1ccccc1)N1CC[C@@H]2CN(C(=O)C3CC3)CC21.[HH]. The van der Waals surface area contributed by atoms with Crippen LogP contribution in [0.3, 0.4) is 0 Å². The van der Waals surface area contributed by atoms with Gasteiger partial charge < -0.3 is 4.90 Å². The lowest BCUT2D eigenvalue weighted by Gasteiger charge is -2.31. The van der Waals surface area contributed by atoms with Crippen LogP contribution in [0.15, 0.2) is 30.3 Å². The molecule has 1 aromatic rings. The molecule has 114 valence electrons. The van der Waals surface area contributed by atoms with Gasteiger partial charge in [-0.2, -0.15) is 0 Å². The van der Waals surface area contributed by atoms with E-state index in [0.29, 0.717) is 29.8 Å². The molecule has 0 bridgehead atoms. The Morgan fingerprint density at radius 3 is 2.67 bits per heavy atom. The van der Waals surface area contributed by atoms with Gasteiger partial charge >= 0.3 is 0 Å². The molecule has 0 aromatic heterocycles. The van der Waals surface area contributed by atoms with Crippen molar-refractivity contribution in [1.29, 1.82) is 0 Å². The molecular formula is C18H26N2O. The lowest BCUT2D eigenvalue weighted by molar-refractivity contribution is -0.131. The standard InChI is InChI=1S/C18H24N2O.H2/c1-13(14-5-3-2-4-6-14)20-10-9-16-11-19(12-17(16)20)18(21)15-7-8-15;/h2-6,13,15-17H,7-12H2,1H3;1H/t13-,16-,17?;/m1./s1. The maximum Gasteiger partial charge on any atom is 0.225 e. The topological polar surface area (TPSA) is 23.6 Å². The number of carbonyl (C=O) groups excluding carboxylic acids is 1. The van der Waals surface area contributed by atoms with Gasteiger partial charge in [0.15, 0.2) is 0 Å². The summed E-state index contributed by atoms with van der Waals surface area (Å²) < 4.78 is 0. The number of hydrogen-bond donors (Lipinski definition) is 0. The van der Waals surface area contributed by atoms with E-state index in [1.165, 1.54) is 18.5 Å². The average Bonchev–Trinajstić information content (AvgIpc) is 3.16. The van der Waals surface area contributed by atoms with Crippen LogP contribution in [0.1, 0.15) is 39.2 Å². The Bertz CT molecular complexity index is 531. The molecule has 3 heteroatoms. The zero-order chi connectivity index (χ0) is 14.4. The van der Waals surface area contributed by atoms with E-state index in [4.69, 9.17) is 0 Å². The van der Waals surface area contributed by atoms with Crippen molar-refractivity contribution in [2.24, 2.45) is 11.8 Å². The number of benzene rings is 1. The van der Waals surface area contributed by atoms with Crippen LogP contribution >= 0.6 is 0 Å². The number of likely N-dealkylation sites (tertiary alicyclic amines) is 2. The molecule has 1 amide bonds. The second-order valence-electron chi connectivity index (χ2n) is 6.96. The molecule has 2 heterocycles. The molecule has 2 saturated heterocycles. The number of fused-ring (bicyclic) bond motifs is 1. The summed E-state index contributed by atoms with van der Waals surface area (Å²) in [6, 6.07) is 11.8. The lowest BCUT2D eigenvalue weighted by Crippen LogP contribution is -2.38. The van der Waals surface area contributed by atoms with Crippen molar-refractivity contribution >= 4 is 5.91 Å². The highest BCUT2D eigenvalue weighted by molar-refractivity contribution is 5.81. The van der Waals surface area contributed by atoms with Gasteiger partial charge in [-0.3, -0.25) is 9.69 Å². The third-order valence-electron chi connectivity index (χ3n) is 5.61. The normalized spacial score (nSPS) is 30.4. The van der Waals surface area contributed by atoms with Crippen LogP contribution in [0.5, 0.6) is 0 Å². The van der Waals surface area contributed by atoms with Crippen LogP contribution in [-0.4, -0.2) is 41.4 Å². The Hall–Kier alpha value is -1.35. The molecule has 0 radical (unpaired) electrons. The largest absolute Gasteiger partial charge is 0.341 e. The molecule has 1 unspecified atom stereocenters. The number of carbonyl (C=O) groups is 1. The molecule has 1 aromatic carbocycles. The highest BCUT2D eigenvalue weighted by Gasteiger charge is 2.46. The third kappa shape index (κ3) is 2.38. The predicted molar refractivity (Wildman–Crippen MR) is 84.9 cm³/mol. The van der Waals surface area contributed by atoms with Gasteiger partial charge in [0.05, 0.1) is 0 Å². The van der Waals surface area contributed by atoms with Gasteiger partial charge in [0, 0.05) is 32.5 Å². The molecular weight excluding hydrogens is 260 g/mol. The lowest BCUT2D eigenvalue weighted by atomic mass is 10.0. The fraction of sp³-hybridized carbons (Fsp3) is 0.611. The van der Waals surface area contributed by atoms with Gasteiger partial charge in [-0.15, -0.1) is 0 Å². The van der Waals surface area contributed by atoms with Crippen LogP contribution in [0.4, 0.5) is 0 Å². The second-order valence-corrected chi connectivity index (χ2v) is 6.96. The first kappa shape index (κ1) is 13.3. The monoisotopic (exact) mass is 286 g/mol. The minimum absolute atomic E-state index is 0. The highest BCUT2D eigenvalue weighted by atomic mass is 16.2. The van der Waals surface area contributed by atoms with Gasteiger partial charge in [0.25, 0.3) is 0 Å². The van der Waals surface area contributed by atoms with E-state index in [0.717, 1.165) is 25.9 Å². The molecule has 1 aliphatic carbocycles. The van der Waals surface area contributed by atoms with Gasteiger partial charge in [0.2, 0.25) is 5.91 Å². The van der Waals surface area contributed by atoms with E-state index in [1.807, 2.05) is 0 Å². The van der Waals surface area contributed by atoms with E-state index >= 15 is 0 Å². The van der Waals surface area contributed by atoms with Crippen molar-refractivity contribution in [3.63, 3.8) is 0 Å². The minimum atomic E-state index is 0. The number of amides is 1. The molecule has 3 fully saturated rings. The minimum Gasteiger partial charge on any atom is -0.341 e. The second kappa shape index (κ2) is 5.13. The van der Waals surface area contributed by atoms with E-state index in [-0.39, 0.29) is 1.43 Å².